The molecule has 0 radical (unpaired) electrons. The van der Waals surface area contributed by atoms with Crippen LogP contribution in [0.15, 0.2) is 23.1 Å². The number of carbonyl (C=O) groups is 2. The van der Waals surface area contributed by atoms with E-state index >= 15 is 0 Å². The van der Waals surface area contributed by atoms with Gasteiger partial charge in [-0.15, -0.1) is 0 Å². The summed E-state index contributed by atoms with van der Waals surface area (Å²) in [5, 5.41) is 0. The molecule has 0 aliphatic carbocycles. The fourth-order valence-electron chi connectivity index (χ4n) is 3.73. The van der Waals surface area contributed by atoms with Gasteiger partial charge in [0.25, 0.3) is 0 Å². The van der Waals surface area contributed by atoms with Crippen molar-refractivity contribution in [2.45, 2.75) is 24.7 Å². The Morgan fingerprint density at radius 3 is 2.18 bits per heavy atom. The second-order valence-corrected chi connectivity index (χ2v) is 8.96. The Morgan fingerprint density at radius 2 is 1.61 bits per heavy atom. The minimum Gasteiger partial charge on any atom is -0.342 e. The van der Waals surface area contributed by atoms with Gasteiger partial charge >= 0.3 is 0 Å². The van der Waals surface area contributed by atoms with Crippen molar-refractivity contribution in [3.63, 3.8) is 0 Å². The van der Waals surface area contributed by atoms with Gasteiger partial charge in [0.15, 0.2) is 4.90 Å². The van der Waals surface area contributed by atoms with Crippen molar-refractivity contribution in [1.82, 2.24) is 14.1 Å². The number of nitrogens with zero attached hydrogens (tertiary/aromatic N) is 3. The Kier molecular flexibility index (Phi) is 5.99. The third-order valence-corrected chi connectivity index (χ3v) is 7.23. The van der Waals surface area contributed by atoms with E-state index < -0.39 is 26.6 Å². The molecule has 0 saturated carbocycles. The van der Waals surface area contributed by atoms with Gasteiger partial charge < -0.3 is 9.80 Å². The zero-order valence-electron chi connectivity index (χ0n) is 15.6. The SMILES string of the molecule is CC(=O)N1CCC[C@H](C(=O)N2CCN(S(=O)(=O)c3c(F)cccc3F)CC2)C1. The van der Waals surface area contributed by atoms with E-state index in [9.17, 15) is 26.8 Å². The number of carbonyl (C=O) groups excluding carboxylic acids is 2. The van der Waals surface area contributed by atoms with Crippen molar-refractivity contribution in [2.24, 2.45) is 5.92 Å². The Hall–Kier alpha value is -2.07. The lowest BCUT2D eigenvalue weighted by Crippen LogP contribution is -2.54. The number of piperidine rings is 1. The summed E-state index contributed by atoms with van der Waals surface area (Å²) in [4.78, 5) is 26.6. The molecule has 154 valence electrons. The number of piperazine rings is 1. The maximum atomic E-state index is 13.9. The van der Waals surface area contributed by atoms with E-state index in [0.29, 0.717) is 19.5 Å². The fourth-order valence-corrected chi connectivity index (χ4v) is 5.26. The van der Waals surface area contributed by atoms with E-state index in [1.165, 1.54) is 6.92 Å². The molecule has 7 nitrogen and oxygen atoms in total. The highest BCUT2D eigenvalue weighted by atomic mass is 32.2. The number of hydrogen-bond donors (Lipinski definition) is 0. The van der Waals surface area contributed by atoms with E-state index in [1.807, 2.05) is 0 Å². The second-order valence-electron chi connectivity index (χ2n) is 7.08. The van der Waals surface area contributed by atoms with Gasteiger partial charge in [-0.3, -0.25) is 9.59 Å². The van der Waals surface area contributed by atoms with Gasteiger partial charge in [-0.05, 0) is 25.0 Å². The summed E-state index contributed by atoms with van der Waals surface area (Å²) in [5.74, 6) is -2.75. The Labute approximate surface area is 162 Å². The Balaban J connectivity index is 1.66. The van der Waals surface area contributed by atoms with Crippen molar-refractivity contribution in [3.8, 4) is 0 Å². The van der Waals surface area contributed by atoms with Crippen LogP contribution in [0, 0.1) is 17.6 Å². The average Bonchev–Trinajstić information content (AvgIpc) is 2.67. The number of sulfonamides is 1. The van der Waals surface area contributed by atoms with Crippen molar-refractivity contribution in [1.29, 1.82) is 0 Å². The first-order valence-electron chi connectivity index (χ1n) is 9.20. The Bertz CT molecular complexity index is 849. The van der Waals surface area contributed by atoms with Crippen LogP contribution in [0.2, 0.25) is 0 Å². The molecule has 0 spiro atoms. The molecule has 2 amide bonds. The molecule has 2 aliphatic heterocycles. The molecular weight excluding hydrogens is 392 g/mol. The molecule has 1 aromatic carbocycles. The van der Waals surface area contributed by atoms with Crippen molar-refractivity contribution < 1.29 is 26.8 Å². The number of halogens is 2. The Morgan fingerprint density at radius 1 is 1.00 bits per heavy atom. The molecule has 0 N–H and O–H groups in total. The van der Waals surface area contributed by atoms with Crippen LogP contribution in [0.1, 0.15) is 19.8 Å². The van der Waals surface area contributed by atoms with E-state index in [-0.39, 0.29) is 43.9 Å². The third kappa shape index (κ3) is 4.02. The lowest BCUT2D eigenvalue weighted by molar-refractivity contribution is -0.141. The van der Waals surface area contributed by atoms with E-state index in [1.54, 1.807) is 9.80 Å². The lowest BCUT2D eigenvalue weighted by atomic mass is 9.96. The van der Waals surface area contributed by atoms with Crippen molar-refractivity contribution in [3.05, 3.63) is 29.8 Å². The van der Waals surface area contributed by atoms with E-state index in [2.05, 4.69) is 0 Å². The molecule has 2 fully saturated rings. The van der Waals surface area contributed by atoms with Crippen LogP contribution in [0.5, 0.6) is 0 Å². The minimum absolute atomic E-state index is 0.0367. The summed E-state index contributed by atoms with van der Waals surface area (Å²) < 4.78 is 54.1. The number of amides is 2. The number of benzene rings is 1. The summed E-state index contributed by atoms with van der Waals surface area (Å²) in [6.07, 6.45) is 1.43. The predicted molar refractivity (Wildman–Crippen MR) is 96.7 cm³/mol. The number of likely N-dealkylation sites (tertiary alicyclic amines) is 1. The largest absolute Gasteiger partial charge is 0.342 e. The maximum absolute atomic E-state index is 13.9. The summed E-state index contributed by atoms with van der Waals surface area (Å²) in [7, 11) is -4.32. The molecule has 2 heterocycles. The van der Waals surface area contributed by atoms with Crippen LogP contribution in [-0.2, 0) is 19.6 Å². The first-order valence-corrected chi connectivity index (χ1v) is 10.6. The molecule has 1 aromatic rings. The van der Waals surface area contributed by atoms with Gasteiger partial charge in [0.2, 0.25) is 21.8 Å². The molecule has 0 aromatic heterocycles. The van der Waals surface area contributed by atoms with Gasteiger partial charge in [-0.25, -0.2) is 17.2 Å². The molecule has 3 rings (SSSR count). The van der Waals surface area contributed by atoms with Crippen LogP contribution in [0.3, 0.4) is 0 Å². The molecule has 2 aliphatic rings. The number of hydrogen-bond acceptors (Lipinski definition) is 4. The predicted octanol–water partition coefficient (Wildman–Crippen LogP) is 1.06. The van der Waals surface area contributed by atoms with Gasteiger partial charge in [-0.2, -0.15) is 4.31 Å². The number of rotatable bonds is 3. The van der Waals surface area contributed by atoms with Gasteiger partial charge in [0.05, 0.1) is 5.92 Å². The first-order chi connectivity index (χ1) is 13.2. The second kappa shape index (κ2) is 8.12. The molecular formula is C18H23F2N3O4S. The third-order valence-electron chi connectivity index (χ3n) is 5.28. The van der Waals surface area contributed by atoms with Crippen LogP contribution < -0.4 is 0 Å². The van der Waals surface area contributed by atoms with Gasteiger partial charge in [-0.1, -0.05) is 6.07 Å². The van der Waals surface area contributed by atoms with Crippen LogP contribution in [-0.4, -0.2) is 73.6 Å². The first kappa shape index (κ1) is 20.7. The topological polar surface area (TPSA) is 78.0 Å². The highest BCUT2D eigenvalue weighted by Gasteiger charge is 2.36. The van der Waals surface area contributed by atoms with Crippen LogP contribution in [0.25, 0.3) is 0 Å². The highest BCUT2D eigenvalue weighted by Crippen LogP contribution is 2.25. The zero-order valence-corrected chi connectivity index (χ0v) is 16.4. The quantitative estimate of drug-likeness (QED) is 0.740. The lowest BCUT2D eigenvalue weighted by Gasteiger charge is -2.38. The molecule has 1 atom stereocenters. The molecule has 10 heteroatoms. The highest BCUT2D eigenvalue weighted by molar-refractivity contribution is 7.89. The maximum Gasteiger partial charge on any atom is 0.249 e. The normalized spacial score (nSPS) is 21.6. The summed E-state index contributed by atoms with van der Waals surface area (Å²) in [6.45, 7) is 2.69. The van der Waals surface area contributed by atoms with Crippen molar-refractivity contribution in [2.75, 3.05) is 39.3 Å². The monoisotopic (exact) mass is 415 g/mol. The van der Waals surface area contributed by atoms with Gasteiger partial charge in [0.1, 0.15) is 11.6 Å². The smallest absolute Gasteiger partial charge is 0.249 e. The van der Waals surface area contributed by atoms with Gasteiger partial charge in [0, 0.05) is 46.2 Å². The summed E-state index contributed by atoms with van der Waals surface area (Å²) >= 11 is 0. The van der Waals surface area contributed by atoms with E-state index in [0.717, 1.165) is 28.9 Å². The molecule has 0 unspecified atom stereocenters. The summed E-state index contributed by atoms with van der Waals surface area (Å²) in [6, 6.07) is 2.91. The van der Waals surface area contributed by atoms with Crippen LogP contribution >= 0.6 is 0 Å². The molecule has 0 bridgehead atoms. The standard InChI is InChI=1S/C18H23F2N3O4S/c1-13(24)22-7-3-4-14(12-22)18(25)21-8-10-23(11-9-21)28(26,27)17-15(19)5-2-6-16(17)20/h2,5-6,14H,3-4,7-12H2,1H3/t14-/m0/s1. The van der Waals surface area contributed by atoms with E-state index in [4.69, 9.17) is 0 Å². The molecule has 28 heavy (non-hydrogen) atoms. The van der Waals surface area contributed by atoms with Crippen LogP contribution in [0.4, 0.5) is 8.78 Å². The van der Waals surface area contributed by atoms with Crippen molar-refractivity contribution >= 4 is 21.8 Å². The molecule has 2 saturated heterocycles. The fraction of sp³-hybridized carbons (Fsp3) is 0.556. The average molecular weight is 415 g/mol. The minimum atomic E-state index is -4.32. The summed E-state index contributed by atoms with van der Waals surface area (Å²) in [5.41, 5.74) is 0. The zero-order chi connectivity index (χ0) is 20.5.